The molecule has 1 fully saturated rings. The van der Waals surface area contributed by atoms with E-state index in [1.807, 2.05) is 0 Å². The van der Waals surface area contributed by atoms with Crippen molar-refractivity contribution in [1.82, 2.24) is 4.98 Å². The highest BCUT2D eigenvalue weighted by atomic mass is 35.7. The Kier molecular flexibility index (Phi) is 3.19. The average Bonchev–Trinajstić information content (AvgIpc) is 2.92. The van der Waals surface area contributed by atoms with Gasteiger partial charge in [-0.1, -0.05) is 17.4 Å². The van der Waals surface area contributed by atoms with Gasteiger partial charge in [0.15, 0.2) is 5.13 Å². The lowest BCUT2D eigenvalue weighted by Gasteiger charge is -2.11. The number of para-hydroxylation sites is 1. The van der Waals surface area contributed by atoms with E-state index in [1.165, 1.54) is 11.0 Å². The summed E-state index contributed by atoms with van der Waals surface area (Å²) >= 11 is 1.14. The molecule has 0 spiro atoms. The molecule has 1 aromatic carbocycles. The van der Waals surface area contributed by atoms with E-state index >= 15 is 0 Å². The van der Waals surface area contributed by atoms with E-state index in [2.05, 4.69) is 4.98 Å². The van der Waals surface area contributed by atoms with Crippen molar-refractivity contribution in [2.24, 2.45) is 0 Å². The first-order valence-corrected chi connectivity index (χ1v) is 8.84. The van der Waals surface area contributed by atoms with Crippen LogP contribution >= 0.6 is 22.0 Å². The summed E-state index contributed by atoms with van der Waals surface area (Å²) in [5.74, 6) is -0.850. The molecule has 1 unspecified atom stereocenters. The van der Waals surface area contributed by atoms with E-state index in [-0.39, 0.29) is 29.5 Å². The Labute approximate surface area is 122 Å². The molecule has 1 atom stereocenters. The van der Waals surface area contributed by atoms with Gasteiger partial charge in [-0.3, -0.25) is 9.69 Å². The van der Waals surface area contributed by atoms with Crippen molar-refractivity contribution < 1.29 is 17.6 Å². The van der Waals surface area contributed by atoms with Crippen molar-refractivity contribution in [3.05, 3.63) is 24.0 Å². The summed E-state index contributed by atoms with van der Waals surface area (Å²) in [6.45, 7) is -0.0495. The van der Waals surface area contributed by atoms with Crippen molar-refractivity contribution in [3.63, 3.8) is 0 Å². The van der Waals surface area contributed by atoms with Crippen molar-refractivity contribution >= 4 is 52.3 Å². The summed E-state index contributed by atoms with van der Waals surface area (Å²) in [6.07, 6.45) is -0.176. The maximum Gasteiger partial charge on any atom is 0.237 e. The Morgan fingerprint density at radius 2 is 2.20 bits per heavy atom. The topological polar surface area (TPSA) is 67.3 Å². The van der Waals surface area contributed by atoms with Crippen LogP contribution in [0.15, 0.2) is 18.2 Å². The minimum absolute atomic E-state index is 0.0495. The highest BCUT2D eigenvalue weighted by Gasteiger charge is 2.39. The van der Waals surface area contributed by atoms with Crippen LogP contribution in [-0.4, -0.2) is 31.1 Å². The highest BCUT2D eigenvalue weighted by molar-refractivity contribution is 8.14. The Balaban J connectivity index is 2.00. The smallest absolute Gasteiger partial charge is 0.237 e. The lowest BCUT2D eigenvalue weighted by atomic mass is 10.3. The number of aromatic nitrogens is 1. The van der Waals surface area contributed by atoms with E-state index < -0.39 is 20.1 Å². The zero-order chi connectivity index (χ0) is 14.5. The molecule has 1 aliphatic heterocycles. The van der Waals surface area contributed by atoms with Crippen LogP contribution in [0.5, 0.6) is 0 Å². The number of amides is 1. The molecule has 20 heavy (non-hydrogen) atoms. The molecule has 0 N–H and O–H groups in total. The van der Waals surface area contributed by atoms with Gasteiger partial charge in [0.2, 0.25) is 15.0 Å². The average molecular weight is 335 g/mol. The number of carbonyl (C=O) groups excluding carboxylic acids is 1. The lowest BCUT2D eigenvalue weighted by Crippen LogP contribution is -2.26. The first-order valence-electron chi connectivity index (χ1n) is 5.65. The van der Waals surface area contributed by atoms with Gasteiger partial charge in [0, 0.05) is 23.6 Å². The number of nitrogens with zero attached hydrogens (tertiary/aromatic N) is 2. The largest absolute Gasteiger partial charge is 0.287 e. The van der Waals surface area contributed by atoms with Crippen molar-refractivity contribution in [3.8, 4) is 0 Å². The number of anilines is 1. The Morgan fingerprint density at radius 1 is 1.45 bits per heavy atom. The molecular formula is C11H8ClFN2O3S2. The number of thiazole rings is 1. The third kappa shape index (κ3) is 2.27. The number of rotatable bonds is 2. The molecule has 2 heterocycles. The summed E-state index contributed by atoms with van der Waals surface area (Å²) < 4.78 is 36.8. The van der Waals surface area contributed by atoms with Crippen LogP contribution in [0.25, 0.3) is 10.2 Å². The first kappa shape index (κ1) is 13.7. The second-order valence-electron chi connectivity index (χ2n) is 4.39. The third-order valence-electron chi connectivity index (χ3n) is 3.08. The van der Waals surface area contributed by atoms with Gasteiger partial charge in [-0.25, -0.2) is 17.8 Å². The van der Waals surface area contributed by atoms with Gasteiger partial charge in [-0.05, 0) is 12.1 Å². The molecule has 106 valence electrons. The quantitative estimate of drug-likeness (QED) is 0.789. The highest BCUT2D eigenvalue weighted by Crippen LogP contribution is 2.33. The van der Waals surface area contributed by atoms with E-state index in [9.17, 15) is 17.6 Å². The Morgan fingerprint density at radius 3 is 2.80 bits per heavy atom. The molecule has 1 amide bonds. The molecule has 0 radical (unpaired) electrons. The number of hydrogen-bond donors (Lipinski definition) is 0. The molecule has 1 aliphatic rings. The van der Waals surface area contributed by atoms with Crippen LogP contribution < -0.4 is 4.90 Å². The fourth-order valence-electron chi connectivity index (χ4n) is 2.07. The van der Waals surface area contributed by atoms with Crippen LogP contribution in [0.4, 0.5) is 9.52 Å². The minimum atomic E-state index is -3.80. The molecule has 1 aromatic heterocycles. The number of hydrogen-bond acceptors (Lipinski definition) is 5. The molecule has 9 heteroatoms. The Hall–Kier alpha value is -1.25. The normalized spacial score (nSPS) is 20.0. The summed E-state index contributed by atoms with van der Waals surface area (Å²) in [7, 11) is 1.48. The van der Waals surface area contributed by atoms with Crippen LogP contribution in [0.1, 0.15) is 6.42 Å². The first-order chi connectivity index (χ1) is 9.36. The number of fused-ring (bicyclic) bond motifs is 1. The van der Waals surface area contributed by atoms with Crippen LogP contribution in [0.2, 0.25) is 0 Å². The molecule has 3 rings (SSSR count). The minimum Gasteiger partial charge on any atom is -0.287 e. The fraction of sp³-hybridized carbons (Fsp3) is 0.273. The monoisotopic (exact) mass is 334 g/mol. The van der Waals surface area contributed by atoms with Crippen LogP contribution in [-0.2, 0) is 13.8 Å². The van der Waals surface area contributed by atoms with Gasteiger partial charge >= 0.3 is 0 Å². The predicted octanol–water partition coefficient (Wildman–Crippen LogP) is 2.11. The van der Waals surface area contributed by atoms with Crippen LogP contribution in [0.3, 0.4) is 0 Å². The maximum atomic E-state index is 13.6. The number of carbonyl (C=O) groups is 1. The zero-order valence-corrected chi connectivity index (χ0v) is 12.3. The summed E-state index contributed by atoms with van der Waals surface area (Å²) in [4.78, 5) is 17.2. The molecule has 0 bridgehead atoms. The van der Waals surface area contributed by atoms with E-state index in [4.69, 9.17) is 10.7 Å². The Bertz CT molecular complexity index is 805. The van der Waals surface area contributed by atoms with Crippen LogP contribution in [0, 0.1) is 5.82 Å². The van der Waals surface area contributed by atoms with E-state index in [0.29, 0.717) is 4.70 Å². The molecule has 1 saturated heterocycles. The second kappa shape index (κ2) is 4.64. The fourth-order valence-corrected chi connectivity index (χ4v) is 4.10. The van der Waals surface area contributed by atoms with Gasteiger partial charge in [0.05, 0.1) is 4.70 Å². The SMILES string of the molecule is O=C1CC(S(=O)(=O)Cl)CN1c1nc2c(F)cccc2s1. The molecule has 5 nitrogen and oxygen atoms in total. The van der Waals surface area contributed by atoms with Crippen molar-refractivity contribution in [2.45, 2.75) is 11.7 Å². The molecule has 0 saturated carbocycles. The zero-order valence-electron chi connectivity index (χ0n) is 9.92. The predicted molar refractivity (Wildman–Crippen MR) is 75.1 cm³/mol. The van der Waals surface area contributed by atoms with Crippen molar-refractivity contribution in [2.75, 3.05) is 11.4 Å². The van der Waals surface area contributed by atoms with Gasteiger partial charge < -0.3 is 0 Å². The molecule has 0 aliphatic carbocycles. The van der Waals surface area contributed by atoms with Gasteiger partial charge in [-0.15, -0.1) is 0 Å². The third-order valence-corrected chi connectivity index (χ3v) is 5.99. The number of halogens is 2. The molecule has 2 aromatic rings. The van der Waals surface area contributed by atoms with Gasteiger partial charge in [0.1, 0.15) is 16.6 Å². The summed E-state index contributed by atoms with van der Waals surface area (Å²) in [6, 6.07) is 4.52. The standard InChI is InChI=1S/C11H8ClFN2O3S2/c12-20(17,18)6-4-9(16)15(5-6)11-14-10-7(13)2-1-3-8(10)19-11/h1-3,6H,4-5H2. The summed E-state index contributed by atoms with van der Waals surface area (Å²) in [5, 5.41) is -0.661. The second-order valence-corrected chi connectivity index (χ2v) is 8.31. The van der Waals surface area contributed by atoms with Crippen molar-refractivity contribution in [1.29, 1.82) is 0 Å². The van der Waals surface area contributed by atoms with Gasteiger partial charge in [-0.2, -0.15) is 0 Å². The number of benzene rings is 1. The lowest BCUT2D eigenvalue weighted by molar-refractivity contribution is -0.117. The van der Waals surface area contributed by atoms with Gasteiger partial charge in [0.25, 0.3) is 0 Å². The van der Waals surface area contributed by atoms with E-state index in [0.717, 1.165) is 11.3 Å². The maximum absolute atomic E-state index is 13.6. The summed E-state index contributed by atoms with van der Waals surface area (Å²) in [5.41, 5.74) is 0.178. The molecular weight excluding hydrogens is 327 g/mol. The van der Waals surface area contributed by atoms with E-state index in [1.54, 1.807) is 12.1 Å².